The first kappa shape index (κ1) is 22.1. The lowest BCUT2D eigenvalue weighted by Gasteiger charge is -2.34. The molecule has 31 heavy (non-hydrogen) atoms. The van der Waals surface area contributed by atoms with Crippen LogP contribution in [0.25, 0.3) is 0 Å². The smallest absolute Gasteiger partial charge is 0.253 e. The van der Waals surface area contributed by atoms with Crippen molar-refractivity contribution in [2.24, 2.45) is 11.8 Å². The van der Waals surface area contributed by atoms with Gasteiger partial charge in [0.25, 0.3) is 5.91 Å². The maximum absolute atomic E-state index is 12.8. The third-order valence-corrected chi connectivity index (χ3v) is 7.55. The molecule has 166 valence electrons. The molecule has 0 radical (unpaired) electrons. The number of hydrogen-bond acceptors (Lipinski definition) is 2. The summed E-state index contributed by atoms with van der Waals surface area (Å²) >= 11 is 0. The fraction of sp³-hybridized carbons (Fsp3) is 0.536. The minimum absolute atomic E-state index is 0.169. The van der Waals surface area contributed by atoms with E-state index in [1.807, 2.05) is 42.3 Å². The van der Waals surface area contributed by atoms with Crippen molar-refractivity contribution in [3.05, 3.63) is 71.8 Å². The average Bonchev–Trinajstić information content (AvgIpc) is 3.29. The summed E-state index contributed by atoms with van der Waals surface area (Å²) in [5, 5.41) is 0. The van der Waals surface area contributed by atoms with E-state index in [1.54, 1.807) is 0 Å². The number of nitrogens with zero attached hydrogens (tertiary/aromatic N) is 2. The van der Waals surface area contributed by atoms with Gasteiger partial charge in [0.1, 0.15) is 0 Å². The fourth-order valence-corrected chi connectivity index (χ4v) is 5.58. The minimum Gasteiger partial charge on any atom is -0.339 e. The fourth-order valence-electron chi connectivity index (χ4n) is 5.58. The van der Waals surface area contributed by atoms with E-state index in [9.17, 15) is 4.79 Å². The van der Waals surface area contributed by atoms with Crippen LogP contribution in [0.5, 0.6) is 0 Å². The number of carbonyl (C=O) groups is 1. The summed E-state index contributed by atoms with van der Waals surface area (Å²) < 4.78 is 0. The van der Waals surface area contributed by atoms with E-state index >= 15 is 0 Å². The van der Waals surface area contributed by atoms with Gasteiger partial charge in [0.05, 0.1) is 0 Å². The van der Waals surface area contributed by atoms with E-state index in [2.05, 4.69) is 35.2 Å². The van der Waals surface area contributed by atoms with Crippen molar-refractivity contribution in [3.8, 4) is 0 Å². The van der Waals surface area contributed by atoms with Crippen molar-refractivity contribution < 1.29 is 4.79 Å². The molecule has 1 heterocycles. The van der Waals surface area contributed by atoms with Crippen molar-refractivity contribution in [1.82, 2.24) is 9.80 Å². The van der Waals surface area contributed by atoms with Crippen molar-refractivity contribution in [2.75, 3.05) is 26.7 Å². The van der Waals surface area contributed by atoms with Crippen molar-refractivity contribution in [2.45, 2.75) is 57.4 Å². The van der Waals surface area contributed by atoms with Crippen LogP contribution in [-0.4, -0.2) is 48.4 Å². The van der Waals surface area contributed by atoms with Crippen LogP contribution in [0.4, 0.5) is 0 Å². The van der Waals surface area contributed by atoms with Gasteiger partial charge in [-0.05, 0) is 87.6 Å². The van der Waals surface area contributed by atoms with E-state index in [1.165, 1.54) is 63.7 Å². The number of likely N-dealkylation sites (tertiary alicyclic amines) is 1. The summed E-state index contributed by atoms with van der Waals surface area (Å²) in [5.74, 6) is 1.82. The summed E-state index contributed by atoms with van der Waals surface area (Å²) in [6.07, 6.45) is 10.2. The Morgan fingerprint density at radius 1 is 0.903 bits per heavy atom. The highest BCUT2D eigenvalue weighted by molar-refractivity contribution is 5.94. The second kappa shape index (κ2) is 10.9. The van der Waals surface area contributed by atoms with Gasteiger partial charge in [-0.2, -0.15) is 0 Å². The molecule has 1 amide bonds. The van der Waals surface area contributed by atoms with Crippen molar-refractivity contribution in [3.63, 3.8) is 0 Å². The molecule has 2 aromatic rings. The van der Waals surface area contributed by atoms with E-state index in [0.29, 0.717) is 6.04 Å². The van der Waals surface area contributed by atoms with Crippen LogP contribution < -0.4 is 0 Å². The average molecular weight is 419 g/mol. The van der Waals surface area contributed by atoms with E-state index in [0.717, 1.165) is 30.2 Å². The number of rotatable bonds is 8. The van der Waals surface area contributed by atoms with Crippen LogP contribution in [0.2, 0.25) is 0 Å². The summed E-state index contributed by atoms with van der Waals surface area (Å²) in [6, 6.07) is 21.0. The van der Waals surface area contributed by atoms with Gasteiger partial charge >= 0.3 is 0 Å². The Morgan fingerprint density at radius 3 is 2.29 bits per heavy atom. The van der Waals surface area contributed by atoms with Crippen LogP contribution >= 0.6 is 0 Å². The summed E-state index contributed by atoms with van der Waals surface area (Å²) in [4.78, 5) is 17.4. The van der Waals surface area contributed by atoms with Crippen molar-refractivity contribution in [1.29, 1.82) is 0 Å². The molecule has 3 nitrogen and oxygen atoms in total. The lowest BCUT2D eigenvalue weighted by Crippen LogP contribution is -2.38. The summed E-state index contributed by atoms with van der Waals surface area (Å²) in [7, 11) is 1.99. The van der Waals surface area contributed by atoms with Crippen LogP contribution in [0.3, 0.4) is 0 Å². The topological polar surface area (TPSA) is 23.6 Å². The SMILES string of the molecule is CN(C(=O)c1ccccc1)C1CC[C@@H](CN2CCC(CCCc3ccccc3)CC2)C1. The minimum atomic E-state index is 0.169. The predicted octanol–water partition coefficient (Wildman–Crippen LogP) is 5.66. The number of piperidine rings is 1. The summed E-state index contributed by atoms with van der Waals surface area (Å²) in [6.45, 7) is 3.74. The zero-order chi connectivity index (χ0) is 21.5. The molecule has 1 saturated heterocycles. The van der Waals surface area contributed by atoms with Crippen molar-refractivity contribution >= 4 is 5.91 Å². The molecular formula is C28H38N2O. The molecule has 3 heteroatoms. The van der Waals surface area contributed by atoms with Gasteiger partial charge in [0.15, 0.2) is 0 Å². The number of carbonyl (C=O) groups excluding carboxylic acids is 1. The zero-order valence-electron chi connectivity index (χ0n) is 19.1. The molecule has 0 spiro atoms. The number of benzene rings is 2. The first-order chi connectivity index (χ1) is 15.2. The summed E-state index contributed by atoms with van der Waals surface area (Å²) in [5.41, 5.74) is 2.29. The molecule has 0 bridgehead atoms. The molecule has 2 fully saturated rings. The first-order valence-electron chi connectivity index (χ1n) is 12.3. The van der Waals surface area contributed by atoms with Crippen LogP contribution in [0.1, 0.15) is 60.9 Å². The molecule has 4 rings (SSSR count). The molecule has 2 atom stereocenters. The number of amides is 1. The van der Waals surface area contributed by atoms with Gasteiger partial charge in [-0.25, -0.2) is 0 Å². The standard InChI is InChI=1S/C28H38N2O/c1-29(28(31)26-13-6-3-7-14-26)27-16-15-25(21-27)22-30-19-17-24(18-20-30)12-8-11-23-9-4-2-5-10-23/h2-7,9-10,13-14,24-25,27H,8,11-12,15-22H2,1H3/t25-,27?/m1/s1. The van der Waals surface area contributed by atoms with Gasteiger partial charge < -0.3 is 9.80 Å². The molecule has 2 aliphatic rings. The van der Waals surface area contributed by atoms with Gasteiger partial charge in [-0.3, -0.25) is 4.79 Å². The van der Waals surface area contributed by atoms with E-state index in [4.69, 9.17) is 0 Å². The van der Waals surface area contributed by atoms with Gasteiger partial charge in [0.2, 0.25) is 0 Å². The highest BCUT2D eigenvalue weighted by Crippen LogP contribution is 2.32. The second-order valence-corrected chi connectivity index (χ2v) is 9.74. The van der Waals surface area contributed by atoms with E-state index < -0.39 is 0 Å². The Balaban J connectivity index is 1.15. The Morgan fingerprint density at radius 2 is 1.58 bits per heavy atom. The predicted molar refractivity (Wildman–Crippen MR) is 128 cm³/mol. The van der Waals surface area contributed by atoms with Crippen LogP contribution in [0, 0.1) is 11.8 Å². The number of aryl methyl sites for hydroxylation is 1. The molecule has 1 saturated carbocycles. The lowest BCUT2D eigenvalue weighted by atomic mass is 9.90. The maximum atomic E-state index is 12.8. The van der Waals surface area contributed by atoms with Gasteiger partial charge in [-0.15, -0.1) is 0 Å². The quantitative estimate of drug-likeness (QED) is 0.552. The molecule has 0 N–H and O–H groups in total. The Hall–Kier alpha value is -2.13. The van der Waals surface area contributed by atoms with Crippen LogP contribution in [0.15, 0.2) is 60.7 Å². The lowest BCUT2D eigenvalue weighted by molar-refractivity contribution is 0.0728. The molecule has 1 unspecified atom stereocenters. The molecule has 0 aromatic heterocycles. The Kier molecular flexibility index (Phi) is 7.80. The third kappa shape index (κ3) is 6.20. The van der Waals surface area contributed by atoms with Crippen LogP contribution in [-0.2, 0) is 6.42 Å². The highest BCUT2D eigenvalue weighted by Gasteiger charge is 2.32. The molecule has 2 aromatic carbocycles. The normalized spacial score (nSPS) is 22.5. The Labute approximate surface area is 188 Å². The number of hydrogen-bond donors (Lipinski definition) is 0. The highest BCUT2D eigenvalue weighted by atomic mass is 16.2. The molecule has 1 aliphatic heterocycles. The van der Waals surface area contributed by atoms with E-state index in [-0.39, 0.29) is 5.91 Å². The van der Waals surface area contributed by atoms with Gasteiger partial charge in [0, 0.05) is 25.2 Å². The molecular weight excluding hydrogens is 380 g/mol. The Bertz CT molecular complexity index is 798. The third-order valence-electron chi connectivity index (χ3n) is 7.55. The largest absolute Gasteiger partial charge is 0.339 e. The molecule has 1 aliphatic carbocycles. The second-order valence-electron chi connectivity index (χ2n) is 9.74. The van der Waals surface area contributed by atoms with Gasteiger partial charge in [-0.1, -0.05) is 55.0 Å². The first-order valence-corrected chi connectivity index (χ1v) is 12.3. The zero-order valence-corrected chi connectivity index (χ0v) is 19.1. The monoisotopic (exact) mass is 418 g/mol. The maximum Gasteiger partial charge on any atom is 0.253 e.